The number of carbonyl (C=O) groups is 1. The summed E-state index contributed by atoms with van der Waals surface area (Å²) < 4.78 is 0. The summed E-state index contributed by atoms with van der Waals surface area (Å²) in [5.41, 5.74) is 0. The zero-order chi connectivity index (χ0) is 12.6. The number of rotatable bonds is 5. The molecule has 18 heavy (non-hydrogen) atoms. The largest absolute Gasteiger partial charge is 0.356 e. The van der Waals surface area contributed by atoms with Crippen LogP contribution >= 0.6 is 0 Å². The van der Waals surface area contributed by atoms with Gasteiger partial charge in [0.2, 0.25) is 5.91 Å². The molecule has 0 aromatic heterocycles. The quantitative estimate of drug-likeness (QED) is 0.735. The number of hydrogen-bond acceptors (Lipinski definition) is 2. The first-order valence-electron chi connectivity index (χ1n) is 7.47. The molecule has 1 aliphatic heterocycles. The van der Waals surface area contributed by atoms with E-state index in [4.69, 9.17) is 0 Å². The fourth-order valence-corrected chi connectivity index (χ4v) is 2.89. The van der Waals surface area contributed by atoms with E-state index in [1.807, 2.05) is 0 Å². The topological polar surface area (TPSA) is 41.1 Å². The smallest absolute Gasteiger partial charge is 0.220 e. The highest BCUT2D eigenvalue weighted by Gasteiger charge is 2.15. The molecule has 1 heterocycles. The van der Waals surface area contributed by atoms with Gasteiger partial charge in [0, 0.05) is 13.0 Å². The summed E-state index contributed by atoms with van der Waals surface area (Å²) in [4.78, 5) is 11.8. The Labute approximate surface area is 110 Å². The van der Waals surface area contributed by atoms with Gasteiger partial charge >= 0.3 is 0 Å². The second kappa shape index (κ2) is 7.57. The maximum Gasteiger partial charge on any atom is 0.220 e. The molecule has 3 heteroatoms. The molecule has 102 valence electrons. The van der Waals surface area contributed by atoms with Crippen molar-refractivity contribution in [2.24, 2.45) is 11.8 Å². The average molecular weight is 250 g/mol. The molecule has 2 aliphatic rings. The van der Waals surface area contributed by atoms with Crippen LogP contribution in [0.15, 0.2) is 12.2 Å². The highest BCUT2D eigenvalue weighted by atomic mass is 16.1. The van der Waals surface area contributed by atoms with Gasteiger partial charge in [0.1, 0.15) is 0 Å². The summed E-state index contributed by atoms with van der Waals surface area (Å²) in [6.45, 7) is 3.12. The van der Waals surface area contributed by atoms with Crippen molar-refractivity contribution in [1.82, 2.24) is 10.6 Å². The summed E-state index contributed by atoms with van der Waals surface area (Å²) in [6, 6.07) is 0. The fourth-order valence-electron chi connectivity index (χ4n) is 2.89. The summed E-state index contributed by atoms with van der Waals surface area (Å²) in [6.07, 6.45) is 12.3. The molecule has 2 rings (SSSR count). The highest BCUT2D eigenvalue weighted by Crippen LogP contribution is 2.18. The molecule has 2 N–H and O–H groups in total. The third kappa shape index (κ3) is 4.81. The van der Waals surface area contributed by atoms with Crippen molar-refractivity contribution in [2.45, 2.75) is 44.9 Å². The van der Waals surface area contributed by atoms with Gasteiger partial charge in [-0.25, -0.2) is 0 Å². The van der Waals surface area contributed by atoms with Gasteiger partial charge in [-0.05, 0) is 63.5 Å². The Bertz CT molecular complexity index is 282. The van der Waals surface area contributed by atoms with E-state index in [2.05, 4.69) is 22.8 Å². The lowest BCUT2D eigenvalue weighted by molar-refractivity contribution is -0.121. The van der Waals surface area contributed by atoms with Crippen LogP contribution in [0, 0.1) is 11.8 Å². The third-order valence-corrected chi connectivity index (χ3v) is 4.14. The molecule has 0 radical (unpaired) electrons. The van der Waals surface area contributed by atoms with E-state index < -0.39 is 0 Å². The van der Waals surface area contributed by atoms with E-state index in [9.17, 15) is 4.79 Å². The number of hydrogen-bond donors (Lipinski definition) is 2. The monoisotopic (exact) mass is 250 g/mol. The maximum atomic E-state index is 11.8. The molecule has 1 fully saturated rings. The second-order valence-corrected chi connectivity index (χ2v) is 5.71. The van der Waals surface area contributed by atoms with Crippen LogP contribution in [0.4, 0.5) is 0 Å². The molecular formula is C15H26N2O. The van der Waals surface area contributed by atoms with Crippen molar-refractivity contribution in [1.29, 1.82) is 0 Å². The standard InChI is InChI=1S/C15H26N2O/c18-15(9-8-14-7-4-10-16-11-14)17-12-13-5-2-1-3-6-13/h1-2,13-14,16H,3-12H2,(H,17,18). The molecular weight excluding hydrogens is 224 g/mol. The van der Waals surface area contributed by atoms with Gasteiger partial charge in [-0.2, -0.15) is 0 Å². The maximum absolute atomic E-state index is 11.8. The third-order valence-electron chi connectivity index (χ3n) is 4.14. The van der Waals surface area contributed by atoms with Crippen molar-refractivity contribution < 1.29 is 4.79 Å². The number of carbonyl (C=O) groups excluding carboxylic acids is 1. The Morgan fingerprint density at radius 2 is 2.22 bits per heavy atom. The van der Waals surface area contributed by atoms with Crippen LogP contribution in [0.25, 0.3) is 0 Å². The zero-order valence-electron chi connectivity index (χ0n) is 11.3. The Hall–Kier alpha value is -0.830. The van der Waals surface area contributed by atoms with E-state index in [0.29, 0.717) is 18.3 Å². The van der Waals surface area contributed by atoms with Crippen LogP contribution in [0.5, 0.6) is 0 Å². The van der Waals surface area contributed by atoms with E-state index in [0.717, 1.165) is 32.5 Å². The van der Waals surface area contributed by atoms with E-state index in [1.165, 1.54) is 25.7 Å². The average Bonchev–Trinajstić information content (AvgIpc) is 2.45. The van der Waals surface area contributed by atoms with Crippen LogP contribution in [0.2, 0.25) is 0 Å². The van der Waals surface area contributed by atoms with Gasteiger partial charge < -0.3 is 10.6 Å². The van der Waals surface area contributed by atoms with Crippen molar-refractivity contribution in [3.05, 3.63) is 12.2 Å². The minimum absolute atomic E-state index is 0.245. The first kappa shape index (κ1) is 13.6. The van der Waals surface area contributed by atoms with Gasteiger partial charge in [0.05, 0.1) is 0 Å². The molecule has 2 atom stereocenters. The Balaban J connectivity index is 1.55. The molecule has 2 unspecified atom stereocenters. The second-order valence-electron chi connectivity index (χ2n) is 5.71. The Morgan fingerprint density at radius 3 is 2.94 bits per heavy atom. The predicted octanol–water partition coefficient (Wildman–Crippen LogP) is 2.24. The highest BCUT2D eigenvalue weighted by molar-refractivity contribution is 5.75. The van der Waals surface area contributed by atoms with Crippen molar-refractivity contribution in [2.75, 3.05) is 19.6 Å². The lowest BCUT2D eigenvalue weighted by Crippen LogP contribution is -2.32. The van der Waals surface area contributed by atoms with Crippen molar-refractivity contribution in [3.8, 4) is 0 Å². The first-order valence-corrected chi connectivity index (χ1v) is 7.47. The minimum atomic E-state index is 0.245. The summed E-state index contributed by atoms with van der Waals surface area (Å²) >= 11 is 0. The van der Waals surface area contributed by atoms with Gasteiger partial charge in [0.15, 0.2) is 0 Å². The molecule has 1 aliphatic carbocycles. The fraction of sp³-hybridized carbons (Fsp3) is 0.800. The molecule has 0 spiro atoms. The molecule has 1 saturated heterocycles. The lowest BCUT2D eigenvalue weighted by Gasteiger charge is -2.22. The van der Waals surface area contributed by atoms with Crippen LogP contribution < -0.4 is 10.6 Å². The minimum Gasteiger partial charge on any atom is -0.356 e. The normalized spacial score (nSPS) is 28.0. The Kier molecular flexibility index (Phi) is 5.72. The molecule has 0 aromatic carbocycles. The summed E-state index contributed by atoms with van der Waals surface area (Å²) in [5.74, 6) is 1.62. The molecule has 0 aromatic rings. The first-order chi connectivity index (χ1) is 8.84. The molecule has 0 bridgehead atoms. The number of piperidine rings is 1. The number of amides is 1. The number of nitrogens with one attached hydrogen (secondary N) is 2. The van der Waals surface area contributed by atoms with E-state index >= 15 is 0 Å². The van der Waals surface area contributed by atoms with Crippen LogP contribution in [-0.4, -0.2) is 25.5 Å². The summed E-state index contributed by atoms with van der Waals surface area (Å²) in [5, 5.41) is 6.50. The SMILES string of the molecule is O=C(CCC1CCCNC1)NCC1CC=CCC1. The molecule has 1 amide bonds. The van der Waals surface area contributed by atoms with Crippen molar-refractivity contribution >= 4 is 5.91 Å². The van der Waals surface area contributed by atoms with Crippen molar-refractivity contribution in [3.63, 3.8) is 0 Å². The van der Waals surface area contributed by atoms with Crippen LogP contribution in [-0.2, 0) is 4.79 Å². The van der Waals surface area contributed by atoms with Gasteiger partial charge in [-0.1, -0.05) is 12.2 Å². The summed E-state index contributed by atoms with van der Waals surface area (Å²) in [7, 11) is 0. The number of allylic oxidation sites excluding steroid dienone is 2. The van der Waals surface area contributed by atoms with E-state index in [1.54, 1.807) is 0 Å². The Morgan fingerprint density at radius 1 is 1.28 bits per heavy atom. The van der Waals surface area contributed by atoms with Crippen LogP contribution in [0.1, 0.15) is 44.9 Å². The van der Waals surface area contributed by atoms with Crippen LogP contribution in [0.3, 0.4) is 0 Å². The molecule has 0 saturated carbocycles. The zero-order valence-corrected chi connectivity index (χ0v) is 11.3. The van der Waals surface area contributed by atoms with Gasteiger partial charge in [-0.15, -0.1) is 0 Å². The van der Waals surface area contributed by atoms with Gasteiger partial charge in [-0.3, -0.25) is 4.79 Å². The lowest BCUT2D eigenvalue weighted by atomic mass is 9.93. The van der Waals surface area contributed by atoms with Gasteiger partial charge in [0.25, 0.3) is 0 Å². The predicted molar refractivity (Wildman–Crippen MR) is 74.3 cm³/mol. The van der Waals surface area contributed by atoms with E-state index in [-0.39, 0.29) is 5.91 Å². The molecule has 3 nitrogen and oxygen atoms in total.